The Morgan fingerprint density at radius 3 is 1.67 bits per heavy atom. The molecule has 1 aliphatic carbocycles. The molecule has 0 saturated heterocycles. The van der Waals surface area contributed by atoms with Gasteiger partial charge in [0.25, 0.3) is 0 Å². The minimum Gasteiger partial charge on any atom is -0.0622 e. The van der Waals surface area contributed by atoms with Crippen LogP contribution in [0.1, 0.15) is 25.0 Å². The van der Waals surface area contributed by atoms with E-state index in [1.165, 1.54) is 44.5 Å². The fraction of sp³-hybridized carbons (Fsp3) is 0.111. The second-order valence-electron chi connectivity index (χ2n) is 7.81. The average molecular weight is 346 g/mol. The molecule has 27 heavy (non-hydrogen) atoms. The Balaban J connectivity index is 1.90. The van der Waals surface area contributed by atoms with Crippen molar-refractivity contribution in [2.45, 2.75) is 19.3 Å². The number of benzene rings is 4. The smallest absolute Gasteiger partial charge is 0.0165 e. The molecule has 1 aliphatic rings. The molecular weight excluding hydrogens is 324 g/mol. The summed E-state index contributed by atoms with van der Waals surface area (Å²) in [5.41, 5.74) is 10.8. The first-order chi connectivity index (χ1) is 13.2. The zero-order chi connectivity index (χ0) is 18.4. The monoisotopic (exact) mass is 346 g/mol. The number of rotatable bonds is 2. The quantitative estimate of drug-likeness (QED) is 0.356. The first kappa shape index (κ1) is 16.1. The van der Waals surface area contributed by atoms with Crippen LogP contribution in [0.3, 0.4) is 0 Å². The molecule has 0 saturated carbocycles. The van der Waals surface area contributed by atoms with Crippen LogP contribution in [-0.4, -0.2) is 0 Å². The summed E-state index contributed by atoms with van der Waals surface area (Å²) in [6, 6.07) is 35.0. The van der Waals surface area contributed by atoms with Gasteiger partial charge in [-0.05, 0) is 44.5 Å². The SMILES string of the molecule is CC1(C)c2ccccc2-c2c(-c3ccccc3)ccc(-c3ccccc3)c21. The largest absolute Gasteiger partial charge is 0.0622 e. The van der Waals surface area contributed by atoms with Crippen LogP contribution in [0.15, 0.2) is 97.1 Å². The summed E-state index contributed by atoms with van der Waals surface area (Å²) in [6.07, 6.45) is 0. The third kappa shape index (κ3) is 2.37. The van der Waals surface area contributed by atoms with Crippen LogP contribution in [0.2, 0.25) is 0 Å². The third-order valence-corrected chi connectivity index (χ3v) is 5.87. The van der Waals surface area contributed by atoms with Gasteiger partial charge in [-0.1, -0.05) is 111 Å². The molecule has 0 heterocycles. The van der Waals surface area contributed by atoms with Gasteiger partial charge in [-0.25, -0.2) is 0 Å². The van der Waals surface area contributed by atoms with Gasteiger partial charge >= 0.3 is 0 Å². The highest BCUT2D eigenvalue weighted by molar-refractivity contribution is 5.97. The lowest BCUT2D eigenvalue weighted by atomic mass is 9.78. The Morgan fingerprint density at radius 1 is 0.481 bits per heavy atom. The van der Waals surface area contributed by atoms with E-state index in [1.54, 1.807) is 0 Å². The van der Waals surface area contributed by atoms with E-state index in [4.69, 9.17) is 0 Å². The van der Waals surface area contributed by atoms with E-state index in [1.807, 2.05) is 0 Å². The molecule has 0 atom stereocenters. The predicted octanol–water partition coefficient (Wildman–Crippen LogP) is 7.33. The van der Waals surface area contributed by atoms with Crippen molar-refractivity contribution in [3.8, 4) is 33.4 Å². The van der Waals surface area contributed by atoms with Crippen LogP contribution in [0.25, 0.3) is 33.4 Å². The van der Waals surface area contributed by atoms with Crippen LogP contribution in [-0.2, 0) is 5.41 Å². The lowest BCUT2D eigenvalue weighted by Crippen LogP contribution is -2.16. The molecule has 0 fully saturated rings. The fourth-order valence-corrected chi connectivity index (χ4v) is 4.63. The number of fused-ring (bicyclic) bond motifs is 3. The lowest BCUT2D eigenvalue weighted by Gasteiger charge is -2.25. The van der Waals surface area contributed by atoms with E-state index < -0.39 is 0 Å². The molecule has 130 valence electrons. The highest BCUT2D eigenvalue weighted by Crippen LogP contribution is 2.55. The van der Waals surface area contributed by atoms with Crippen molar-refractivity contribution in [3.05, 3.63) is 108 Å². The Labute approximate surface area is 161 Å². The van der Waals surface area contributed by atoms with Crippen molar-refractivity contribution in [2.75, 3.05) is 0 Å². The molecule has 0 amide bonds. The highest BCUT2D eigenvalue weighted by atomic mass is 14.4. The van der Waals surface area contributed by atoms with Gasteiger partial charge < -0.3 is 0 Å². The molecule has 0 aliphatic heterocycles. The average Bonchev–Trinajstić information content (AvgIpc) is 2.97. The maximum Gasteiger partial charge on any atom is 0.0165 e. The fourth-order valence-electron chi connectivity index (χ4n) is 4.63. The Bertz CT molecular complexity index is 1120. The Kier molecular flexibility index (Phi) is 3.55. The highest BCUT2D eigenvalue weighted by Gasteiger charge is 2.38. The van der Waals surface area contributed by atoms with Crippen LogP contribution < -0.4 is 0 Å². The molecule has 4 aromatic carbocycles. The lowest BCUT2D eigenvalue weighted by molar-refractivity contribution is 0.662. The van der Waals surface area contributed by atoms with E-state index in [2.05, 4.69) is 111 Å². The van der Waals surface area contributed by atoms with Crippen molar-refractivity contribution >= 4 is 0 Å². The number of hydrogen-bond donors (Lipinski definition) is 0. The molecule has 0 nitrogen and oxygen atoms in total. The van der Waals surface area contributed by atoms with Gasteiger partial charge in [-0.2, -0.15) is 0 Å². The summed E-state index contributed by atoms with van der Waals surface area (Å²) < 4.78 is 0. The van der Waals surface area contributed by atoms with Crippen LogP contribution >= 0.6 is 0 Å². The minimum atomic E-state index is -0.0259. The molecule has 0 spiro atoms. The molecule has 0 unspecified atom stereocenters. The summed E-state index contributed by atoms with van der Waals surface area (Å²) >= 11 is 0. The van der Waals surface area contributed by atoms with Crippen molar-refractivity contribution in [3.63, 3.8) is 0 Å². The van der Waals surface area contributed by atoms with Gasteiger partial charge in [0.1, 0.15) is 0 Å². The maximum absolute atomic E-state index is 2.36. The molecule has 0 aromatic heterocycles. The first-order valence-corrected chi connectivity index (χ1v) is 9.56. The molecular formula is C27H22. The summed E-state index contributed by atoms with van der Waals surface area (Å²) in [5.74, 6) is 0. The van der Waals surface area contributed by atoms with Gasteiger partial charge in [0.2, 0.25) is 0 Å². The van der Waals surface area contributed by atoms with Crippen molar-refractivity contribution in [2.24, 2.45) is 0 Å². The standard InChI is InChI=1S/C27H22/c1-27(2)24-16-10-9-15-23(24)25-21(19-11-5-3-6-12-19)17-18-22(26(25)27)20-13-7-4-8-14-20/h3-18H,1-2H3. The van der Waals surface area contributed by atoms with Crippen molar-refractivity contribution < 1.29 is 0 Å². The van der Waals surface area contributed by atoms with Crippen LogP contribution in [0, 0.1) is 0 Å². The number of hydrogen-bond acceptors (Lipinski definition) is 0. The Hall–Kier alpha value is -3.12. The molecule has 4 aromatic rings. The minimum absolute atomic E-state index is 0.0259. The van der Waals surface area contributed by atoms with Gasteiger partial charge in [-0.3, -0.25) is 0 Å². The molecule has 0 bridgehead atoms. The molecule has 5 rings (SSSR count). The van der Waals surface area contributed by atoms with Gasteiger partial charge in [0.15, 0.2) is 0 Å². The van der Waals surface area contributed by atoms with E-state index >= 15 is 0 Å². The predicted molar refractivity (Wildman–Crippen MR) is 115 cm³/mol. The summed E-state index contributed by atoms with van der Waals surface area (Å²) in [5, 5.41) is 0. The molecule has 0 heteroatoms. The molecule has 0 radical (unpaired) electrons. The van der Waals surface area contributed by atoms with E-state index in [0.29, 0.717) is 0 Å². The van der Waals surface area contributed by atoms with E-state index in [9.17, 15) is 0 Å². The van der Waals surface area contributed by atoms with E-state index in [0.717, 1.165) is 0 Å². The third-order valence-electron chi connectivity index (χ3n) is 5.87. The van der Waals surface area contributed by atoms with Crippen LogP contribution in [0.5, 0.6) is 0 Å². The first-order valence-electron chi connectivity index (χ1n) is 9.56. The van der Waals surface area contributed by atoms with E-state index in [-0.39, 0.29) is 5.41 Å². The zero-order valence-electron chi connectivity index (χ0n) is 15.7. The topological polar surface area (TPSA) is 0 Å². The molecule has 0 N–H and O–H groups in total. The summed E-state index contributed by atoms with van der Waals surface area (Å²) in [6.45, 7) is 4.72. The normalized spacial score (nSPS) is 13.9. The Morgan fingerprint density at radius 2 is 1.00 bits per heavy atom. The second kappa shape index (κ2) is 5.96. The summed E-state index contributed by atoms with van der Waals surface area (Å²) in [4.78, 5) is 0. The zero-order valence-corrected chi connectivity index (χ0v) is 15.7. The maximum atomic E-state index is 2.36. The summed E-state index contributed by atoms with van der Waals surface area (Å²) in [7, 11) is 0. The van der Waals surface area contributed by atoms with Gasteiger partial charge in [-0.15, -0.1) is 0 Å². The van der Waals surface area contributed by atoms with Crippen molar-refractivity contribution in [1.82, 2.24) is 0 Å². The van der Waals surface area contributed by atoms with Crippen LogP contribution in [0.4, 0.5) is 0 Å². The van der Waals surface area contributed by atoms with Gasteiger partial charge in [0, 0.05) is 5.41 Å². The van der Waals surface area contributed by atoms with Crippen molar-refractivity contribution in [1.29, 1.82) is 0 Å². The second-order valence-corrected chi connectivity index (χ2v) is 7.81. The van der Waals surface area contributed by atoms with Gasteiger partial charge in [0.05, 0.1) is 0 Å².